The van der Waals surface area contributed by atoms with Crippen molar-refractivity contribution in [1.29, 1.82) is 5.26 Å². The first-order valence-corrected chi connectivity index (χ1v) is 10.4. The van der Waals surface area contributed by atoms with Crippen LogP contribution in [-0.2, 0) is 12.7 Å². The summed E-state index contributed by atoms with van der Waals surface area (Å²) in [6.45, 7) is 4.79. The second-order valence-corrected chi connectivity index (χ2v) is 8.08. The van der Waals surface area contributed by atoms with E-state index in [2.05, 4.69) is 31.4 Å². The summed E-state index contributed by atoms with van der Waals surface area (Å²) in [7, 11) is 2.04. The Morgan fingerprint density at radius 1 is 1.09 bits per heavy atom. The molecule has 1 aromatic heterocycles. The Morgan fingerprint density at radius 3 is 2.48 bits per heavy atom. The lowest BCUT2D eigenvalue weighted by molar-refractivity contribution is -0.140. The number of nitriles is 1. The van der Waals surface area contributed by atoms with Crippen LogP contribution in [0.4, 0.5) is 29.1 Å². The maximum atomic E-state index is 14.4. The van der Waals surface area contributed by atoms with Crippen LogP contribution in [0.15, 0.2) is 30.3 Å². The van der Waals surface area contributed by atoms with E-state index in [9.17, 15) is 22.8 Å². The summed E-state index contributed by atoms with van der Waals surface area (Å²) < 4.78 is 53.6. The van der Waals surface area contributed by atoms with Gasteiger partial charge in [0.05, 0.1) is 22.5 Å². The first-order valence-electron chi connectivity index (χ1n) is 10.4. The fraction of sp³-hybridized carbons (Fsp3) is 0.348. The van der Waals surface area contributed by atoms with Gasteiger partial charge in [0.1, 0.15) is 11.9 Å². The molecular weight excluding hydrogens is 436 g/mol. The van der Waals surface area contributed by atoms with E-state index in [4.69, 9.17) is 0 Å². The number of halogens is 4. The highest BCUT2D eigenvalue weighted by Crippen LogP contribution is 2.34. The number of aryl methyl sites for hydroxylation is 1. The van der Waals surface area contributed by atoms with Crippen molar-refractivity contribution in [2.75, 3.05) is 43.4 Å². The molecule has 2 aromatic carbocycles. The lowest BCUT2D eigenvalue weighted by Crippen LogP contribution is -2.44. The molecule has 172 valence electrons. The standard InChI is InChI=1S/C23H22F4N6/c1-14-17-10-16(12-28)20(33-8-6-32(2)7-9-33)11-18(17)22(31-30-14)29-13-15-4-3-5-19(21(15)24)23(25,26)27/h3-5,10-11H,6-9,13H2,1-2H3,(H,29,31). The van der Waals surface area contributed by atoms with E-state index in [1.165, 1.54) is 12.1 Å². The molecule has 0 bridgehead atoms. The molecule has 0 spiro atoms. The van der Waals surface area contributed by atoms with Gasteiger partial charge >= 0.3 is 6.18 Å². The summed E-state index contributed by atoms with van der Waals surface area (Å²) in [4.78, 5) is 4.33. The van der Waals surface area contributed by atoms with Gasteiger partial charge in [-0.2, -0.15) is 23.5 Å². The molecule has 0 aliphatic carbocycles. The number of nitrogens with one attached hydrogen (secondary N) is 1. The van der Waals surface area contributed by atoms with Gasteiger partial charge in [-0.3, -0.25) is 0 Å². The largest absolute Gasteiger partial charge is 0.419 e. The molecule has 1 aliphatic rings. The fourth-order valence-electron chi connectivity index (χ4n) is 3.96. The highest BCUT2D eigenvalue weighted by atomic mass is 19.4. The number of aromatic nitrogens is 2. The zero-order valence-corrected chi connectivity index (χ0v) is 18.2. The first kappa shape index (κ1) is 22.7. The van der Waals surface area contributed by atoms with Crippen molar-refractivity contribution in [3.8, 4) is 6.07 Å². The van der Waals surface area contributed by atoms with Crippen LogP contribution in [0.1, 0.15) is 22.4 Å². The van der Waals surface area contributed by atoms with Crippen LogP contribution in [0.25, 0.3) is 10.8 Å². The van der Waals surface area contributed by atoms with Crippen LogP contribution >= 0.6 is 0 Å². The monoisotopic (exact) mass is 458 g/mol. The number of fused-ring (bicyclic) bond motifs is 1. The van der Waals surface area contributed by atoms with E-state index >= 15 is 0 Å². The molecule has 0 atom stereocenters. The lowest BCUT2D eigenvalue weighted by Gasteiger charge is -2.34. The molecular formula is C23H22F4N6. The number of alkyl halides is 3. The molecule has 1 N–H and O–H groups in total. The van der Waals surface area contributed by atoms with Gasteiger partial charge in [-0.25, -0.2) is 4.39 Å². The molecule has 10 heteroatoms. The summed E-state index contributed by atoms with van der Waals surface area (Å²) in [5, 5.41) is 22.3. The van der Waals surface area contributed by atoms with Crippen molar-refractivity contribution in [3.05, 3.63) is 58.5 Å². The van der Waals surface area contributed by atoms with Gasteiger partial charge < -0.3 is 15.1 Å². The SMILES string of the molecule is Cc1nnc(NCc2cccc(C(F)(F)F)c2F)c2cc(N3CCN(C)CC3)c(C#N)cc12. The van der Waals surface area contributed by atoms with Crippen molar-refractivity contribution in [2.45, 2.75) is 19.6 Å². The predicted molar refractivity (Wildman–Crippen MR) is 117 cm³/mol. The molecule has 0 unspecified atom stereocenters. The number of rotatable bonds is 4. The molecule has 33 heavy (non-hydrogen) atoms. The van der Waals surface area contributed by atoms with Gasteiger partial charge in [0.15, 0.2) is 5.82 Å². The van der Waals surface area contributed by atoms with Crippen LogP contribution in [0.2, 0.25) is 0 Å². The zero-order valence-electron chi connectivity index (χ0n) is 18.2. The molecule has 6 nitrogen and oxygen atoms in total. The number of anilines is 2. The molecule has 1 aliphatic heterocycles. The van der Waals surface area contributed by atoms with Gasteiger partial charge in [-0.15, -0.1) is 5.10 Å². The first-order chi connectivity index (χ1) is 15.7. The minimum absolute atomic E-state index is 0.131. The number of hydrogen-bond donors (Lipinski definition) is 1. The number of hydrogen-bond acceptors (Lipinski definition) is 6. The molecule has 0 saturated carbocycles. The minimum atomic E-state index is -4.78. The van der Waals surface area contributed by atoms with Gasteiger partial charge in [0.2, 0.25) is 0 Å². The topological polar surface area (TPSA) is 68.1 Å². The predicted octanol–water partition coefficient (Wildman–Crippen LogP) is 4.33. The molecule has 1 fully saturated rings. The van der Waals surface area contributed by atoms with Gasteiger partial charge in [0, 0.05) is 49.1 Å². The van der Waals surface area contributed by atoms with E-state index in [-0.39, 0.29) is 12.1 Å². The van der Waals surface area contributed by atoms with Crippen LogP contribution in [0, 0.1) is 24.1 Å². The molecule has 2 heterocycles. The van der Waals surface area contributed by atoms with E-state index in [0.29, 0.717) is 33.9 Å². The van der Waals surface area contributed by atoms with E-state index in [1.807, 2.05) is 13.1 Å². The van der Waals surface area contributed by atoms with Gasteiger partial charge in [-0.05, 0) is 32.2 Å². The third-order valence-electron chi connectivity index (χ3n) is 5.88. The highest BCUT2D eigenvalue weighted by Gasteiger charge is 2.34. The smallest absolute Gasteiger partial charge is 0.368 e. The van der Waals surface area contributed by atoms with Crippen LogP contribution < -0.4 is 10.2 Å². The molecule has 0 amide bonds. The summed E-state index contributed by atoms with van der Waals surface area (Å²) in [5.41, 5.74) is 0.449. The van der Waals surface area contributed by atoms with Crippen LogP contribution in [0.3, 0.4) is 0 Å². The number of benzene rings is 2. The zero-order chi connectivity index (χ0) is 23.8. The molecule has 0 radical (unpaired) electrons. The average molecular weight is 458 g/mol. The Hall–Kier alpha value is -3.45. The summed E-state index contributed by atoms with van der Waals surface area (Å²) in [6.07, 6.45) is -4.78. The van der Waals surface area contributed by atoms with E-state index in [1.54, 1.807) is 13.0 Å². The van der Waals surface area contributed by atoms with Crippen LogP contribution in [0.5, 0.6) is 0 Å². The Morgan fingerprint density at radius 2 is 1.82 bits per heavy atom. The third kappa shape index (κ3) is 4.54. The quantitative estimate of drug-likeness (QED) is 0.587. The maximum Gasteiger partial charge on any atom is 0.419 e. The summed E-state index contributed by atoms with van der Waals surface area (Å²) in [5.74, 6) is -1.00. The Kier molecular flexibility index (Phi) is 6.08. The number of likely N-dealkylation sites (N-methyl/N-ethyl adjacent to an activating group) is 1. The average Bonchev–Trinajstić information content (AvgIpc) is 2.78. The van der Waals surface area contributed by atoms with Crippen molar-refractivity contribution in [3.63, 3.8) is 0 Å². The van der Waals surface area contributed by atoms with Gasteiger partial charge in [-0.1, -0.05) is 12.1 Å². The second-order valence-electron chi connectivity index (χ2n) is 8.08. The Balaban J connectivity index is 1.71. The minimum Gasteiger partial charge on any atom is -0.368 e. The van der Waals surface area contributed by atoms with Crippen molar-refractivity contribution < 1.29 is 17.6 Å². The number of piperazine rings is 1. The normalized spacial score (nSPS) is 15.0. The maximum absolute atomic E-state index is 14.4. The molecule has 4 rings (SSSR count). The highest BCUT2D eigenvalue weighted by molar-refractivity contribution is 5.97. The second kappa shape index (κ2) is 8.83. The Bertz CT molecular complexity index is 1230. The molecule has 1 saturated heterocycles. The van der Waals surface area contributed by atoms with Crippen LogP contribution in [-0.4, -0.2) is 48.3 Å². The van der Waals surface area contributed by atoms with E-state index in [0.717, 1.165) is 31.9 Å². The summed E-state index contributed by atoms with van der Waals surface area (Å²) >= 11 is 0. The summed E-state index contributed by atoms with van der Waals surface area (Å²) in [6, 6.07) is 9.04. The third-order valence-corrected chi connectivity index (χ3v) is 5.88. The number of nitrogens with zero attached hydrogens (tertiary/aromatic N) is 5. The van der Waals surface area contributed by atoms with Crippen molar-refractivity contribution >= 4 is 22.3 Å². The van der Waals surface area contributed by atoms with Crippen molar-refractivity contribution in [1.82, 2.24) is 15.1 Å². The fourth-order valence-corrected chi connectivity index (χ4v) is 3.96. The Labute approximate surface area is 188 Å². The lowest BCUT2D eigenvalue weighted by atomic mass is 10.0. The van der Waals surface area contributed by atoms with E-state index < -0.39 is 17.6 Å². The van der Waals surface area contributed by atoms with Crippen molar-refractivity contribution in [2.24, 2.45) is 0 Å². The molecule has 3 aromatic rings. The van der Waals surface area contributed by atoms with Gasteiger partial charge in [0.25, 0.3) is 0 Å².